The van der Waals surface area contributed by atoms with Gasteiger partial charge < -0.3 is 15.2 Å². The Bertz CT molecular complexity index is 441. The molecule has 0 bridgehead atoms. The number of carbonyl (C=O) groups is 1. The summed E-state index contributed by atoms with van der Waals surface area (Å²) in [7, 11) is 0. The lowest BCUT2D eigenvalue weighted by molar-refractivity contribution is -0.122. The maximum Gasteiger partial charge on any atom is 0.220 e. The van der Waals surface area contributed by atoms with Gasteiger partial charge in [-0.25, -0.2) is 0 Å². The number of hydrogen-bond acceptors (Lipinski definition) is 3. The highest BCUT2D eigenvalue weighted by Gasteiger charge is 2.43. The zero-order chi connectivity index (χ0) is 13.7. The van der Waals surface area contributed by atoms with Crippen LogP contribution in [0.15, 0.2) is 24.3 Å². The second-order valence-corrected chi connectivity index (χ2v) is 5.20. The van der Waals surface area contributed by atoms with Gasteiger partial charge in [0.05, 0.1) is 18.8 Å². The Labute approximate surface area is 113 Å². The van der Waals surface area contributed by atoms with Gasteiger partial charge in [-0.2, -0.15) is 0 Å². The third kappa shape index (κ3) is 3.96. The molecule has 0 atom stereocenters. The van der Waals surface area contributed by atoms with Crippen molar-refractivity contribution in [2.24, 2.45) is 0 Å². The number of amides is 1. The smallest absolute Gasteiger partial charge is 0.220 e. The predicted octanol–water partition coefficient (Wildman–Crippen LogP) is 1.80. The van der Waals surface area contributed by atoms with Gasteiger partial charge in [0.15, 0.2) is 0 Å². The molecule has 0 spiro atoms. The third-order valence-corrected chi connectivity index (χ3v) is 3.46. The van der Waals surface area contributed by atoms with Crippen LogP contribution in [0.3, 0.4) is 0 Å². The van der Waals surface area contributed by atoms with Crippen molar-refractivity contribution >= 4 is 5.91 Å². The van der Waals surface area contributed by atoms with Crippen LogP contribution < -0.4 is 10.1 Å². The predicted molar refractivity (Wildman–Crippen MR) is 73.1 cm³/mol. The van der Waals surface area contributed by atoms with E-state index in [4.69, 9.17) is 9.84 Å². The summed E-state index contributed by atoms with van der Waals surface area (Å²) in [4.78, 5) is 11.7. The molecule has 0 saturated heterocycles. The highest BCUT2D eigenvalue weighted by Crippen LogP contribution is 2.34. The van der Waals surface area contributed by atoms with Gasteiger partial charge in [0.2, 0.25) is 5.91 Å². The fourth-order valence-corrected chi connectivity index (χ4v) is 1.97. The average Bonchev–Trinajstić information content (AvgIpc) is 3.17. The van der Waals surface area contributed by atoms with E-state index >= 15 is 0 Å². The van der Waals surface area contributed by atoms with Gasteiger partial charge in [-0.3, -0.25) is 4.79 Å². The zero-order valence-electron chi connectivity index (χ0n) is 11.3. The minimum Gasteiger partial charge on any atom is -0.493 e. The van der Waals surface area contributed by atoms with Crippen molar-refractivity contribution < 1.29 is 14.6 Å². The van der Waals surface area contributed by atoms with Crippen LogP contribution in [0.4, 0.5) is 0 Å². The summed E-state index contributed by atoms with van der Waals surface area (Å²) in [5.74, 6) is 0.872. The summed E-state index contributed by atoms with van der Waals surface area (Å²) in [6, 6.07) is 7.84. The van der Waals surface area contributed by atoms with E-state index in [1.54, 1.807) is 0 Å². The quantitative estimate of drug-likeness (QED) is 0.737. The molecule has 4 heteroatoms. The van der Waals surface area contributed by atoms with Crippen molar-refractivity contribution in [2.75, 3.05) is 13.2 Å². The molecule has 1 aliphatic rings. The van der Waals surface area contributed by atoms with Gasteiger partial charge >= 0.3 is 0 Å². The van der Waals surface area contributed by atoms with Crippen molar-refractivity contribution in [3.05, 3.63) is 29.8 Å². The molecular formula is C15H21NO3. The topological polar surface area (TPSA) is 58.6 Å². The average molecular weight is 263 g/mol. The molecule has 1 aliphatic carbocycles. The van der Waals surface area contributed by atoms with Crippen LogP contribution in [0.25, 0.3) is 0 Å². The number of benzene rings is 1. The Hall–Kier alpha value is -1.55. The van der Waals surface area contributed by atoms with Crippen LogP contribution in [0.2, 0.25) is 0 Å². The van der Waals surface area contributed by atoms with E-state index in [0.29, 0.717) is 19.4 Å². The van der Waals surface area contributed by atoms with Crippen LogP contribution in [0.5, 0.6) is 5.75 Å². The normalized spacial score (nSPS) is 15.9. The molecule has 0 unspecified atom stereocenters. The van der Waals surface area contributed by atoms with Crippen molar-refractivity contribution in [2.45, 2.75) is 38.1 Å². The first-order valence-corrected chi connectivity index (χ1v) is 6.75. The Morgan fingerprint density at radius 2 is 2.16 bits per heavy atom. The highest BCUT2D eigenvalue weighted by molar-refractivity contribution is 5.77. The van der Waals surface area contributed by atoms with Crippen LogP contribution in [-0.4, -0.2) is 29.8 Å². The van der Waals surface area contributed by atoms with E-state index in [-0.39, 0.29) is 18.1 Å². The molecule has 2 rings (SSSR count). The number of aliphatic hydroxyl groups excluding tert-OH is 1. The Balaban J connectivity index is 1.64. The molecule has 1 aromatic carbocycles. The van der Waals surface area contributed by atoms with Crippen molar-refractivity contribution in [3.63, 3.8) is 0 Å². The van der Waals surface area contributed by atoms with E-state index in [9.17, 15) is 4.79 Å². The lowest BCUT2D eigenvalue weighted by Crippen LogP contribution is -2.39. The maximum atomic E-state index is 11.7. The van der Waals surface area contributed by atoms with E-state index in [1.165, 1.54) is 0 Å². The number of ether oxygens (including phenoxy) is 1. The fourth-order valence-electron chi connectivity index (χ4n) is 1.97. The minimum atomic E-state index is -0.312. The Morgan fingerprint density at radius 3 is 2.79 bits per heavy atom. The van der Waals surface area contributed by atoms with Crippen LogP contribution in [0.1, 0.15) is 31.2 Å². The number of hydrogen-bond donors (Lipinski definition) is 2. The largest absolute Gasteiger partial charge is 0.493 e. The lowest BCUT2D eigenvalue weighted by atomic mass is 10.2. The summed E-state index contributed by atoms with van der Waals surface area (Å²) in [5.41, 5.74) is 0.790. The van der Waals surface area contributed by atoms with E-state index in [1.807, 2.05) is 31.2 Å². The van der Waals surface area contributed by atoms with Gasteiger partial charge in [0.25, 0.3) is 0 Å². The van der Waals surface area contributed by atoms with Crippen molar-refractivity contribution in [1.29, 1.82) is 0 Å². The van der Waals surface area contributed by atoms with Crippen LogP contribution in [0, 0.1) is 6.92 Å². The number of para-hydroxylation sites is 1. The highest BCUT2D eigenvalue weighted by atomic mass is 16.5. The number of nitrogens with one attached hydrogen (secondary N) is 1. The summed E-state index contributed by atoms with van der Waals surface area (Å²) in [5, 5.41) is 12.0. The summed E-state index contributed by atoms with van der Waals surface area (Å²) in [6.07, 6.45) is 2.89. The van der Waals surface area contributed by atoms with Gasteiger partial charge in [0, 0.05) is 6.42 Å². The van der Waals surface area contributed by atoms with Crippen molar-refractivity contribution in [1.82, 2.24) is 5.32 Å². The molecular weight excluding hydrogens is 242 g/mol. The molecule has 0 radical (unpaired) electrons. The molecule has 0 heterocycles. The van der Waals surface area contributed by atoms with Crippen LogP contribution in [-0.2, 0) is 4.79 Å². The molecule has 1 aromatic rings. The first-order valence-electron chi connectivity index (χ1n) is 6.75. The molecule has 2 N–H and O–H groups in total. The minimum absolute atomic E-state index is 0.0000615. The van der Waals surface area contributed by atoms with Gasteiger partial charge in [-0.05, 0) is 37.8 Å². The summed E-state index contributed by atoms with van der Waals surface area (Å²) < 4.78 is 5.63. The summed E-state index contributed by atoms with van der Waals surface area (Å²) >= 11 is 0. The molecule has 0 aliphatic heterocycles. The third-order valence-electron chi connectivity index (χ3n) is 3.46. The van der Waals surface area contributed by atoms with Crippen molar-refractivity contribution in [3.8, 4) is 5.75 Å². The second-order valence-electron chi connectivity index (χ2n) is 5.20. The molecule has 19 heavy (non-hydrogen) atoms. The van der Waals surface area contributed by atoms with E-state index < -0.39 is 0 Å². The Kier molecular flexibility index (Phi) is 4.43. The molecule has 4 nitrogen and oxygen atoms in total. The lowest BCUT2D eigenvalue weighted by Gasteiger charge is -2.14. The molecule has 1 saturated carbocycles. The van der Waals surface area contributed by atoms with E-state index in [0.717, 1.165) is 24.2 Å². The van der Waals surface area contributed by atoms with E-state index in [2.05, 4.69) is 5.32 Å². The monoisotopic (exact) mass is 263 g/mol. The molecule has 104 valence electrons. The van der Waals surface area contributed by atoms with Gasteiger partial charge in [-0.1, -0.05) is 18.2 Å². The first kappa shape index (κ1) is 13.9. The van der Waals surface area contributed by atoms with Gasteiger partial charge in [0.1, 0.15) is 5.75 Å². The number of aryl methyl sites for hydroxylation is 1. The molecule has 0 aromatic heterocycles. The standard InChI is InChI=1S/C15H21NO3/c1-12-5-2-3-6-13(12)19-10-4-7-14(18)16-15(11-17)8-9-15/h2-3,5-6,17H,4,7-11H2,1H3,(H,16,18). The summed E-state index contributed by atoms with van der Waals surface area (Å²) in [6.45, 7) is 2.57. The maximum absolute atomic E-state index is 11.7. The molecule has 1 fully saturated rings. The molecule has 1 amide bonds. The fraction of sp³-hybridized carbons (Fsp3) is 0.533. The SMILES string of the molecule is Cc1ccccc1OCCCC(=O)NC1(CO)CC1. The zero-order valence-corrected chi connectivity index (χ0v) is 11.3. The number of aliphatic hydroxyl groups is 1. The first-order chi connectivity index (χ1) is 9.15. The number of carbonyl (C=O) groups excluding carboxylic acids is 1. The number of rotatable bonds is 7. The second kappa shape index (κ2) is 6.06. The van der Waals surface area contributed by atoms with Crippen LogP contribution >= 0.6 is 0 Å². The van der Waals surface area contributed by atoms with Gasteiger partial charge in [-0.15, -0.1) is 0 Å². The Morgan fingerprint density at radius 1 is 1.42 bits per heavy atom.